The molecule has 2 atom stereocenters. The summed E-state index contributed by atoms with van der Waals surface area (Å²) >= 11 is 6.33. The molecule has 3 aromatic rings. The standard InChI is InChI=1S/C27H22ClN3O3/c28-24-15-14-21(31(33)34)17-23(24)27(32)30-26(19-10-5-2-6-11-19)22-13-7-12-20(25(22)29-30)16-18-8-3-1-4-9-18/h1-6,8-11,14-17,22,26H,7,12-13H2/b20-16+/t22-,26+/m0/s1. The van der Waals surface area contributed by atoms with Gasteiger partial charge < -0.3 is 0 Å². The molecule has 0 spiro atoms. The lowest BCUT2D eigenvalue weighted by molar-refractivity contribution is -0.384. The van der Waals surface area contributed by atoms with Gasteiger partial charge in [0.05, 0.1) is 27.3 Å². The third-order valence-electron chi connectivity index (χ3n) is 6.38. The van der Waals surface area contributed by atoms with Crippen molar-refractivity contribution in [3.05, 3.63) is 116 Å². The molecule has 0 bridgehead atoms. The van der Waals surface area contributed by atoms with Gasteiger partial charge in [-0.3, -0.25) is 14.9 Å². The first-order valence-electron chi connectivity index (χ1n) is 11.2. The number of nitro groups is 1. The van der Waals surface area contributed by atoms with Gasteiger partial charge in [0.1, 0.15) is 0 Å². The largest absolute Gasteiger partial charge is 0.276 e. The van der Waals surface area contributed by atoms with Crippen molar-refractivity contribution in [2.45, 2.75) is 25.3 Å². The molecule has 0 saturated heterocycles. The number of non-ortho nitro benzene ring substituents is 1. The molecule has 5 rings (SSSR count). The first-order valence-corrected chi connectivity index (χ1v) is 11.6. The quantitative estimate of drug-likeness (QED) is 0.314. The van der Waals surface area contributed by atoms with Crippen LogP contribution in [0.2, 0.25) is 5.02 Å². The zero-order valence-corrected chi connectivity index (χ0v) is 19.1. The number of carbonyl (C=O) groups excluding carboxylic acids is 1. The van der Waals surface area contributed by atoms with E-state index in [1.165, 1.54) is 23.2 Å². The predicted molar refractivity (Wildman–Crippen MR) is 133 cm³/mol. The van der Waals surface area contributed by atoms with Gasteiger partial charge in [0.15, 0.2) is 0 Å². The summed E-state index contributed by atoms with van der Waals surface area (Å²) in [5.41, 5.74) is 3.97. The minimum Gasteiger partial charge on any atom is -0.267 e. The maximum atomic E-state index is 13.7. The topological polar surface area (TPSA) is 75.8 Å². The summed E-state index contributed by atoms with van der Waals surface area (Å²) in [6, 6.07) is 23.5. The molecule has 0 radical (unpaired) electrons. The molecule has 1 aliphatic heterocycles. The fraction of sp³-hybridized carbons (Fsp3) is 0.185. The van der Waals surface area contributed by atoms with Gasteiger partial charge in [-0.15, -0.1) is 0 Å². The van der Waals surface area contributed by atoms with Crippen molar-refractivity contribution in [3.63, 3.8) is 0 Å². The molecule has 0 N–H and O–H groups in total. The predicted octanol–water partition coefficient (Wildman–Crippen LogP) is 6.69. The van der Waals surface area contributed by atoms with E-state index in [0.717, 1.165) is 41.7 Å². The summed E-state index contributed by atoms with van der Waals surface area (Å²) in [4.78, 5) is 24.5. The molecule has 7 heteroatoms. The lowest BCUT2D eigenvalue weighted by atomic mass is 9.77. The molecule has 0 unspecified atom stereocenters. The molecule has 34 heavy (non-hydrogen) atoms. The Morgan fingerprint density at radius 1 is 1.06 bits per heavy atom. The van der Waals surface area contributed by atoms with Crippen molar-refractivity contribution < 1.29 is 9.72 Å². The Morgan fingerprint density at radius 3 is 2.47 bits per heavy atom. The number of fused-ring (bicyclic) bond motifs is 1. The number of hydrazone groups is 1. The van der Waals surface area contributed by atoms with Gasteiger partial charge >= 0.3 is 0 Å². The van der Waals surface area contributed by atoms with Gasteiger partial charge in [0.2, 0.25) is 0 Å². The second kappa shape index (κ2) is 9.23. The Morgan fingerprint density at radius 2 is 1.76 bits per heavy atom. The Labute approximate surface area is 202 Å². The van der Waals surface area contributed by atoms with Crippen molar-refractivity contribution in [1.29, 1.82) is 0 Å². The molecule has 0 aromatic heterocycles. The molecule has 1 saturated carbocycles. The smallest absolute Gasteiger partial charge is 0.267 e. The molecule has 3 aromatic carbocycles. The second-order valence-electron chi connectivity index (χ2n) is 8.49. The van der Waals surface area contributed by atoms with E-state index in [2.05, 4.69) is 6.08 Å². The zero-order chi connectivity index (χ0) is 23.7. The number of amides is 1. The van der Waals surface area contributed by atoms with E-state index in [1.807, 2.05) is 60.7 Å². The van der Waals surface area contributed by atoms with E-state index < -0.39 is 10.8 Å². The molecular weight excluding hydrogens is 450 g/mol. The highest BCUT2D eigenvalue weighted by Gasteiger charge is 2.44. The van der Waals surface area contributed by atoms with Crippen molar-refractivity contribution in [1.82, 2.24) is 5.01 Å². The number of rotatable bonds is 4. The molecule has 2 aliphatic rings. The summed E-state index contributed by atoms with van der Waals surface area (Å²) in [5, 5.41) is 17.8. The molecular formula is C27H22ClN3O3. The summed E-state index contributed by atoms with van der Waals surface area (Å²) in [5.74, 6) is -0.406. The van der Waals surface area contributed by atoms with Crippen molar-refractivity contribution in [2.24, 2.45) is 11.0 Å². The molecule has 1 heterocycles. The molecule has 1 fully saturated rings. The third-order valence-corrected chi connectivity index (χ3v) is 6.71. The first-order chi connectivity index (χ1) is 16.5. The molecule has 170 valence electrons. The van der Waals surface area contributed by atoms with Crippen molar-refractivity contribution >= 4 is 35.0 Å². The average Bonchev–Trinajstić information content (AvgIpc) is 3.26. The van der Waals surface area contributed by atoms with E-state index in [9.17, 15) is 14.9 Å². The average molecular weight is 472 g/mol. The van der Waals surface area contributed by atoms with Crippen molar-refractivity contribution in [3.8, 4) is 0 Å². The number of halogens is 1. The second-order valence-corrected chi connectivity index (χ2v) is 8.90. The summed E-state index contributed by atoms with van der Waals surface area (Å²) in [6.45, 7) is 0. The summed E-state index contributed by atoms with van der Waals surface area (Å²) < 4.78 is 0. The summed E-state index contributed by atoms with van der Waals surface area (Å²) in [6.07, 6.45) is 4.91. The number of hydrogen-bond donors (Lipinski definition) is 0. The zero-order valence-electron chi connectivity index (χ0n) is 18.3. The van der Waals surface area contributed by atoms with Crippen LogP contribution < -0.4 is 0 Å². The monoisotopic (exact) mass is 471 g/mol. The number of nitro benzene ring substituents is 1. The number of benzene rings is 3. The minimum atomic E-state index is -0.530. The van der Waals surface area contributed by atoms with Crippen LogP contribution >= 0.6 is 11.6 Å². The van der Waals surface area contributed by atoms with Gasteiger partial charge in [-0.25, -0.2) is 5.01 Å². The van der Waals surface area contributed by atoms with Crippen LogP contribution in [0.15, 0.2) is 89.5 Å². The van der Waals surface area contributed by atoms with E-state index in [-0.39, 0.29) is 28.2 Å². The Balaban J connectivity index is 1.60. The Bertz CT molecular complexity index is 1310. The highest BCUT2D eigenvalue weighted by atomic mass is 35.5. The number of nitrogens with zero attached hydrogens (tertiary/aromatic N) is 3. The minimum absolute atomic E-state index is 0.0348. The van der Waals surface area contributed by atoms with Gasteiger partial charge in [-0.2, -0.15) is 5.10 Å². The van der Waals surface area contributed by atoms with Crippen LogP contribution in [0.3, 0.4) is 0 Å². The van der Waals surface area contributed by atoms with Crippen LogP contribution in [-0.2, 0) is 0 Å². The van der Waals surface area contributed by atoms with Crippen LogP contribution in [0.25, 0.3) is 6.08 Å². The Hall–Kier alpha value is -3.77. The lowest BCUT2D eigenvalue weighted by Gasteiger charge is -2.29. The SMILES string of the molecule is O=C(c1cc([N+](=O)[O-])ccc1Cl)N1N=C2/C(=C/c3ccccc3)CCC[C@@H]2[C@H]1c1ccccc1. The normalized spacial score (nSPS) is 20.7. The van der Waals surface area contributed by atoms with Crippen LogP contribution in [0.4, 0.5) is 5.69 Å². The first kappa shape index (κ1) is 22.0. The van der Waals surface area contributed by atoms with Crippen LogP contribution in [0, 0.1) is 16.0 Å². The highest BCUT2D eigenvalue weighted by molar-refractivity contribution is 6.34. The van der Waals surface area contributed by atoms with Crippen molar-refractivity contribution in [2.75, 3.05) is 0 Å². The van der Waals surface area contributed by atoms with Crippen LogP contribution in [-0.4, -0.2) is 21.6 Å². The lowest BCUT2D eigenvalue weighted by Crippen LogP contribution is -2.32. The number of allylic oxidation sites excluding steroid dienone is 1. The van der Waals surface area contributed by atoms with Gasteiger partial charge in [-0.05, 0) is 48.1 Å². The third kappa shape index (κ3) is 4.13. The van der Waals surface area contributed by atoms with E-state index in [4.69, 9.17) is 16.7 Å². The molecule has 6 nitrogen and oxygen atoms in total. The maximum Gasteiger partial charge on any atom is 0.276 e. The van der Waals surface area contributed by atoms with E-state index in [0.29, 0.717) is 0 Å². The maximum absolute atomic E-state index is 13.7. The van der Waals surface area contributed by atoms with Gasteiger partial charge in [0.25, 0.3) is 11.6 Å². The highest BCUT2D eigenvalue weighted by Crippen LogP contribution is 2.45. The van der Waals surface area contributed by atoms with Crippen LogP contribution in [0.1, 0.15) is 46.8 Å². The van der Waals surface area contributed by atoms with Gasteiger partial charge in [-0.1, -0.05) is 72.3 Å². The Kier molecular flexibility index (Phi) is 5.99. The fourth-order valence-electron chi connectivity index (χ4n) is 4.82. The molecule has 1 aliphatic carbocycles. The van der Waals surface area contributed by atoms with Crippen LogP contribution in [0.5, 0.6) is 0 Å². The fourth-order valence-corrected chi connectivity index (χ4v) is 5.01. The number of hydrogen-bond acceptors (Lipinski definition) is 4. The molecule has 1 amide bonds. The van der Waals surface area contributed by atoms with E-state index >= 15 is 0 Å². The van der Waals surface area contributed by atoms with E-state index in [1.54, 1.807) is 0 Å². The number of carbonyl (C=O) groups is 1. The summed E-state index contributed by atoms with van der Waals surface area (Å²) in [7, 11) is 0. The van der Waals surface area contributed by atoms with Gasteiger partial charge in [0, 0.05) is 18.1 Å².